The lowest BCUT2D eigenvalue weighted by Gasteiger charge is -2.08. The number of nitrogens with one attached hydrogen (secondary N) is 1. The van der Waals surface area contributed by atoms with Crippen LogP contribution in [0, 0.1) is 11.6 Å². The molecule has 2 aromatic rings. The summed E-state index contributed by atoms with van der Waals surface area (Å²) in [6.07, 6.45) is 2.43. The summed E-state index contributed by atoms with van der Waals surface area (Å²) in [4.78, 5) is 14.6. The van der Waals surface area contributed by atoms with E-state index in [0.717, 1.165) is 12.5 Å². The predicted molar refractivity (Wildman–Crippen MR) is 90.0 cm³/mol. The van der Waals surface area contributed by atoms with Crippen LogP contribution in [-0.2, 0) is 4.79 Å². The third-order valence-electron chi connectivity index (χ3n) is 3.40. The van der Waals surface area contributed by atoms with Crippen molar-refractivity contribution in [2.24, 2.45) is 0 Å². The number of aromatic nitrogens is 1. The zero-order chi connectivity index (χ0) is 18.1. The maximum atomic E-state index is 13.4. The molecule has 0 saturated carbocycles. The molecule has 24 heavy (non-hydrogen) atoms. The third-order valence-corrected chi connectivity index (χ3v) is 3.40. The number of likely N-dealkylation sites (N-methyl/N-ethyl adjacent to an activating group) is 1. The van der Waals surface area contributed by atoms with Crippen molar-refractivity contribution in [1.29, 1.82) is 0 Å². The third kappa shape index (κ3) is 5.38. The highest BCUT2D eigenvalue weighted by atomic mass is 19.1. The van der Waals surface area contributed by atoms with Gasteiger partial charge in [0.2, 0.25) is 0 Å². The van der Waals surface area contributed by atoms with E-state index in [9.17, 15) is 13.6 Å². The first kappa shape index (κ1) is 19.7. The molecule has 1 N–H and O–H groups in total. The molecule has 0 aliphatic rings. The van der Waals surface area contributed by atoms with Crippen LogP contribution < -0.4 is 10.1 Å². The molecule has 0 spiro atoms. The molecular weight excluding hydrogens is 314 g/mol. The fraction of sp³-hybridized carbons (Fsp3) is 0.333. The molecule has 0 amide bonds. The number of carbonyl (C=O) groups is 1. The van der Waals surface area contributed by atoms with Gasteiger partial charge in [0.25, 0.3) is 0 Å². The predicted octanol–water partition coefficient (Wildman–Crippen LogP) is 3.61. The topological polar surface area (TPSA) is 51.2 Å². The molecule has 1 aromatic heterocycles. The van der Waals surface area contributed by atoms with Gasteiger partial charge in [-0.15, -0.1) is 0 Å². The minimum absolute atomic E-state index is 0.0000926. The van der Waals surface area contributed by atoms with Crippen LogP contribution in [0.1, 0.15) is 20.3 Å². The van der Waals surface area contributed by atoms with E-state index >= 15 is 0 Å². The number of halogens is 2. The summed E-state index contributed by atoms with van der Waals surface area (Å²) in [6, 6.07) is 7.18. The molecule has 0 aliphatic heterocycles. The molecule has 0 aliphatic carbocycles. The summed E-state index contributed by atoms with van der Waals surface area (Å²) in [5, 5.41) is 2.90. The monoisotopic (exact) mass is 336 g/mol. The van der Waals surface area contributed by atoms with Crippen molar-refractivity contribution in [1.82, 2.24) is 10.3 Å². The van der Waals surface area contributed by atoms with Crippen molar-refractivity contribution < 1.29 is 18.3 Å². The maximum Gasteiger partial charge on any atom is 0.168 e. The van der Waals surface area contributed by atoms with Gasteiger partial charge in [-0.3, -0.25) is 9.78 Å². The van der Waals surface area contributed by atoms with Crippen LogP contribution in [0.5, 0.6) is 5.75 Å². The van der Waals surface area contributed by atoms with Gasteiger partial charge >= 0.3 is 0 Å². The van der Waals surface area contributed by atoms with E-state index in [2.05, 4.69) is 10.3 Å². The molecule has 6 heteroatoms. The van der Waals surface area contributed by atoms with Gasteiger partial charge in [-0.25, -0.2) is 8.78 Å². The van der Waals surface area contributed by atoms with Gasteiger partial charge in [-0.1, -0.05) is 13.0 Å². The molecule has 4 nitrogen and oxygen atoms in total. The van der Waals surface area contributed by atoms with Gasteiger partial charge in [-0.2, -0.15) is 0 Å². The molecule has 1 atom stereocenters. The van der Waals surface area contributed by atoms with Crippen molar-refractivity contribution in [2.75, 3.05) is 14.2 Å². The van der Waals surface area contributed by atoms with Crippen LogP contribution >= 0.6 is 0 Å². The number of ketones is 1. The summed E-state index contributed by atoms with van der Waals surface area (Å²) >= 11 is 0. The Morgan fingerprint density at radius 3 is 2.46 bits per heavy atom. The molecule has 0 fully saturated rings. The number of hydrogen-bond donors (Lipinski definition) is 1. The van der Waals surface area contributed by atoms with Crippen molar-refractivity contribution in [3.63, 3.8) is 0 Å². The van der Waals surface area contributed by atoms with Gasteiger partial charge in [0.15, 0.2) is 11.6 Å². The van der Waals surface area contributed by atoms with Crippen molar-refractivity contribution in [3.05, 3.63) is 48.2 Å². The highest BCUT2D eigenvalue weighted by Crippen LogP contribution is 2.31. The number of carbonyl (C=O) groups excluding carboxylic acids is 1. The van der Waals surface area contributed by atoms with E-state index in [4.69, 9.17) is 4.74 Å². The van der Waals surface area contributed by atoms with Gasteiger partial charge in [-0.05, 0) is 38.6 Å². The second-order valence-corrected chi connectivity index (χ2v) is 5.04. The first-order valence-corrected chi connectivity index (χ1v) is 7.56. The lowest BCUT2D eigenvalue weighted by Crippen LogP contribution is -2.31. The number of pyridine rings is 1. The van der Waals surface area contributed by atoms with E-state index in [1.54, 1.807) is 38.4 Å². The highest BCUT2D eigenvalue weighted by Gasteiger charge is 2.14. The van der Waals surface area contributed by atoms with Gasteiger partial charge in [0.05, 0.1) is 18.8 Å². The second-order valence-electron chi connectivity index (χ2n) is 5.04. The van der Waals surface area contributed by atoms with Crippen LogP contribution in [0.25, 0.3) is 11.3 Å². The number of rotatable bonds is 5. The van der Waals surface area contributed by atoms with E-state index in [1.165, 1.54) is 13.2 Å². The van der Waals surface area contributed by atoms with Gasteiger partial charge in [0, 0.05) is 17.8 Å². The highest BCUT2D eigenvalue weighted by molar-refractivity contribution is 5.81. The first-order valence-electron chi connectivity index (χ1n) is 7.56. The van der Waals surface area contributed by atoms with Crippen LogP contribution in [0.2, 0.25) is 0 Å². The summed E-state index contributed by atoms with van der Waals surface area (Å²) in [6.45, 7) is 3.59. The minimum Gasteiger partial charge on any atom is -0.493 e. The summed E-state index contributed by atoms with van der Waals surface area (Å²) in [7, 11) is 3.14. The van der Waals surface area contributed by atoms with Crippen LogP contribution in [0.4, 0.5) is 8.78 Å². The summed E-state index contributed by atoms with van der Waals surface area (Å²) < 4.78 is 31.4. The van der Waals surface area contributed by atoms with E-state index in [1.807, 2.05) is 6.92 Å². The Bertz CT molecular complexity index is 660. The van der Waals surface area contributed by atoms with Gasteiger partial charge < -0.3 is 10.1 Å². The number of Topliss-reactive ketones (excluding diaryl/α,β-unsaturated/α-hetero) is 1. The maximum absolute atomic E-state index is 13.4. The fourth-order valence-corrected chi connectivity index (χ4v) is 2.18. The lowest BCUT2D eigenvalue weighted by molar-refractivity contribution is -0.118. The molecule has 0 saturated heterocycles. The molecule has 0 radical (unpaired) electrons. The zero-order valence-electron chi connectivity index (χ0n) is 14.3. The zero-order valence-corrected chi connectivity index (χ0v) is 14.3. The Labute approximate surface area is 140 Å². The van der Waals surface area contributed by atoms with E-state index < -0.39 is 11.6 Å². The van der Waals surface area contributed by atoms with Gasteiger partial charge in [0.1, 0.15) is 11.6 Å². The molecule has 1 heterocycles. The normalized spacial score (nSPS) is 11.2. The fourth-order valence-electron chi connectivity index (χ4n) is 2.18. The summed E-state index contributed by atoms with van der Waals surface area (Å²) in [5.41, 5.74) is 0.776. The van der Waals surface area contributed by atoms with Crippen molar-refractivity contribution in [2.45, 2.75) is 26.3 Å². The Balaban J connectivity index is 0.000000307. The Morgan fingerprint density at radius 2 is 2.04 bits per heavy atom. The number of nitrogens with zero attached hydrogens (tertiary/aromatic N) is 1. The Kier molecular flexibility index (Phi) is 7.98. The molecule has 130 valence electrons. The lowest BCUT2D eigenvalue weighted by atomic mass is 10.1. The van der Waals surface area contributed by atoms with E-state index in [0.29, 0.717) is 11.3 Å². The average molecular weight is 336 g/mol. The standard InChI is InChI=1S/C12H9F2NO.C6H13NO/c1-16-12-9(6-8(13)7-10(12)14)11-4-2-3-5-15-11;1-4-6(7-3)5(2)8/h2-7H,1H3;6-7H,4H2,1-3H3/t;6-/m.0/s1. The number of hydrogen-bond acceptors (Lipinski definition) is 4. The smallest absolute Gasteiger partial charge is 0.168 e. The average Bonchev–Trinajstić information content (AvgIpc) is 2.56. The number of benzene rings is 1. The summed E-state index contributed by atoms with van der Waals surface area (Å²) in [5.74, 6) is -1.17. The molecular formula is C18H22F2N2O2. The largest absolute Gasteiger partial charge is 0.493 e. The Hall–Kier alpha value is -2.34. The van der Waals surface area contributed by atoms with Crippen LogP contribution in [0.3, 0.4) is 0 Å². The van der Waals surface area contributed by atoms with Crippen LogP contribution in [-0.4, -0.2) is 31.0 Å². The molecule has 0 unspecified atom stereocenters. The van der Waals surface area contributed by atoms with Crippen molar-refractivity contribution in [3.8, 4) is 17.0 Å². The van der Waals surface area contributed by atoms with Crippen molar-refractivity contribution >= 4 is 5.78 Å². The van der Waals surface area contributed by atoms with E-state index in [-0.39, 0.29) is 17.6 Å². The Morgan fingerprint density at radius 1 is 1.33 bits per heavy atom. The molecule has 2 rings (SSSR count). The first-order chi connectivity index (χ1) is 11.4. The number of methoxy groups -OCH3 is 1. The van der Waals surface area contributed by atoms with Crippen LogP contribution in [0.15, 0.2) is 36.5 Å². The minimum atomic E-state index is -0.733. The SMILES string of the molecule is CC[C@H](NC)C(C)=O.COc1c(F)cc(F)cc1-c1ccccn1. The molecule has 1 aromatic carbocycles. The molecule has 0 bridgehead atoms. The quantitative estimate of drug-likeness (QED) is 0.906. The number of ether oxygens (including phenoxy) is 1. The second kappa shape index (κ2) is 9.72.